The lowest BCUT2D eigenvalue weighted by molar-refractivity contribution is -0.136. The Morgan fingerprint density at radius 1 is 1.31 bits per heavy atom. The lowest BCUT2D eigenvalue weighted by atomic mass is 9.77. The predicted octanol–water partition coefficient (Wildman–Crippen LogP) is 0.919. The molecule has 0 spiro atoms. The topological polar surface area (TPSA) is 121 Å². The number of benzene rings is 1. The monoisotopic (exact) mass is 395 g/mol. The van der Waals surface area contributed by atoms with Crippen LogP contribution in [0.4, 0.5) is 0 Å². The largest absolute Gasteiger partial charge is 0.369 e. The number of primary amides is 1. The molecule has 1 atom stereocenters. The Kier molecular flexibility index (Phi) is 6.11. The van der Waals surface area contributed by atoms with Crippen molar-refractivity contribution in [3.05, 3.63) is 65.8 Å². The molecule has 29 heavy (non-hydrogen) atoms. The number of carbonyl (C=O) groups excluding carboxylic acids is 3. The summed E-state index contributed by atoms with van der Waals surface area (Å²) in [5, 5.41) is 2.48. The summed E-state index contributed by atoms with van der Waals surface area (Å²) >= 11 is 0. The maximum absolute atomic E-state index is 12.9. The number of aromatic amines is 1. The minimum Gasteiger partial charge on any atom is -0.369 e. The van der Waals surface area contributed by atoms with E-state index in [1.54, 1.807) is 12.4 Å². The lowest BCUT2D eigenvalue weighted by Gasteiger charge is -2.38. The van der Waals surface area contributed by atoms with Crippen molar-refractivity contribution >= 4 is 17.7 Å². The molecule has 4 N–H and O–H groups in total. The van der Waals surface area contributed by atoms with Crippen LogP contribution in [0.15, 0.2) is 54.4 Å². The second-order valence-corrected chi connectivity index (χ2v) is 7.19. The zero-order valence-corrected chi connectivity index (χ0v) is 16.4. The van der Waals surface area contributed by atoms with Crippen molar-refractivity contribution in [1.82, 2.24) is 20.2 Å². The number of amides is 3. The van der Waals surface area contributed by atoms with E-state index in [2.05, 4.69) is 15.3 Å². The van der Waals surface area contributed by atoms with E-state index in [0.717, 1.165) is 11.4 Å². The van der Waals surface area contributed by atoms with E-state index in [0.29, 0.717) is 25.8 Å². The molecule has 8 nitrogen and oxygen atoms in total. The maximum atomic E-state index is 12.9. The molecule has 3 rings (SSSR count). The van der Waals surface area contributed by atoms with Crippen LogP contribution in [0.5, 0.6) is 0 Å². The Morgan fingerprint density at radius 2 is 2.07 bits per heavy atom. The van der Waals surface area contributed by atoms with Crippen molar-refractivity contribution in [3.63, 3.8) is 0 Å². The van der Waals surface area contributed by atoms with Crippen LogP contribution >= 0.6 is 0 Å². The van der Waals surface area contributed by atoms with Crippen LogP contribution in [0.25, 0.3) is 0 Å². The first-order valence-corrected chi connectivity index (χ1v) is 9.51. The highest BCUT2D eigenvalue weighted by Crippen LogP contribution is 2.34. The van der Waals surface area contributed by atoms with Gasteiger partial charge in [-0.1, -0.05) is 30.3 Å². The number of H-pyrrole nitrogens is 1. The molecule has 1 aromatic heterocycles. The number of nitrogens with two attached hydrogens (primary N) is 1. The molecule has 0 saturated carbocycles. The molecule has 2 aromatic rings. The summed E-state index contributed by atoms with van der Waals surface area (Å²) < 4.78 is 0. The molecule has 3 amide bonds. The first-order valence-electron chi connectivity index (χ1n) is 9.51. The van der Waals surface area contributed by atoms with Crippen LogP contribution in [0.2, 0.25) is 0 Å². The van der Waals surface area contributed by atoms with Crippen molar-refractivity contribution in [1.29, 1.82) is 0 Å². The Bertz CT molecular complexity index is 908. The van der Waals surface area contributed by atoms with Crippen LogP contribution in [0, 0.1) is 5.41 Å². The quantitative estimate of drug-likeness (QED) is 0.575. The van der Waals surface area contributed by atoms with E-state index < -0.39 is 23.1 Å². The number of hydrogen-bond acceptors (Lipinski definition) is 4. The first kappa shape index (κ1) is 20.3. The van der Waals surface area contributed by atoms with Gasteiger partial charge in [0, 0.05) is 39.0 Å². The van der Waals surface area contributed by atoms with Crippen molar-refractivity contribution < 1.29 is 14.4 Å². The molecule has 2 heterocycles. The Morgan fingerprint density at radius 3 is 2.69 bits per heavy atom. The number of nitrogens with one attached hydrogen (secondary N) is 2. The van der Waals surface area contributed by atoms with Gasteiger partial charge < -0.3 is 20.9 Å². The van der Waals surface area contributed by atoms with Gasteiger partial charge in [-0.05, 0) is 24.5 Å². The molecule has 1 aliphatic rings. The number of rotatable bonds is 8. The fourth-order valence-electron chi connectivity index (χ4n) is 3.62. The zero-order valence-electron chi connectivity index (χ0n) is 16.4. The summed E-state index contributed by atoms with van der Waals surface area (Å²) in [5.41, 5.74) is 5.54. The van der Waals surface area contributed by atoms with Crippen molar-refractivity contribution in [2.75, 3.05) is 13.6 Å². The van der Waals surface area contributed by atoms with Gasteiger partial charge in [-0.15, -0.1) is 0 Å². The van der Waals surface area contributed by atoms with Gasteiger partial charge in [0.1, 0.15) is 11.4 Å². The number of nitrogens with zero attached hydrogens (tertiary/aromatic N) is 2. The summed E-state index contributed by atoms with van der Waals surface area (Å²) in [5.74, 6) is -0.669. The van der Waals surface area contributed by atoms with Crippen LogP contribution < -0.4 is 11.1 Å². The van der Waals surface area contributed by atoms with Gasteiger partial charge in [-0.2, -0.15) is 0 Å². The van der Waals surface area contributed by atoms with Gasteiger partial charge in [-0.3, -0.25) is 14.4 Å². The van der Waals surface area contributed by atoms with Gasteiger partial charge >= 0.3 is 0 Å². The van der Waals surface area contributed by atoms with Crippen LogP contribution in [-0.2, 0) is 27.3 Å². The summed E-state index contributed by atoms with van der Waals surface area (Å²) in [6.45, 7) is 0.427. The molecule has 0 bridgehead atoms. The molecule has 0 radical (unpaired) electrons. The number of hydrogen-bond donors (Lipinski definition) is 3. The molecule has 8 heteroatoms. The molecule has 0 fully saturated rings. The average molecular weight is 395 g/mol. The molecular formula is C21H25N5O3. The van der Waals surface area contributed by atoms with Crippen LogP contribution in [0.3, 0.4) is 0 Å². The molecule has 0 aliphatic carbocycles. The first-order chi connectivity index (χ1) is 13.9. The van der Waals surface area contributed by atoms with Crippen LogP contribution in [-0.4, -0.2) is 46.2 Å². The average Bonchev–Trinajstić information content (AvgIpc) is 3.24. The highest BCUT2D eigenvalue weighted by Gasteiger charge is 2.44. The standard InChI is InChI=1S/C21H25N5O3/c1-23-18(27)16-12-21(20(22)29,9-5-8-17-24-10-11-25-17)14-26(19(16)28)13-15-6-3-2-4-7-15/h2-4,6-7,10-12H,5,8-9,13-14H2,1H3,(H2,22,29)(H,23,27)(H,24,25). The Labute approximate surface area is 169 Å². The molecule has 1 aliphatic heterocycles. The normalized spacial score (nSPS) is 19.0. The second-order valence-electron chi connectivity index (χ2n) is 7.19. The number of aromatic nitrogens is 2. The lowest BCUT2D eigenvalue weighted by Crippen LogP contribution is -2.52. The van der Waals surface area contributed by atoms with Crippen molar-refractivity contribution in [3.8, 4) is 0 Å². The fourth-order valence-corrected chi connectivity index (χ4v) is 3.62. The summed E-state index contributed by atoms with van der Waals surface area (Å²) in [4.78, 5) is 46.5. The molecular weight excluding hydrogens is 370 g/mol. The zero-order chi connectivity index (χ0) is 20.9. The molecule has 152 valence electrons. The van der Waals surface area contributed by atoms with E-state index in [-0.39, 0.29) is 12.1 Å². The Balaban J connectivity index is 1.89. The van der Waals surface area contributed by atoms with E-state index in [9.17, 15) is 14.4 Å². The second kappa shape index (κ2) is 8.72. The SMILES string of the molecule is CNC(=O)C1=CC(CCCc2ncc[nH]2)(C(N)=O)CN(Cc2ccccc2)C1=O. The number of aryl methyl sites for hydroxylation is 1. The van der Waals surface area contributed by atoms with Gasteiger partial charge in [-0.25, -0.2) is 4.98 Å². The van der Waals surface area contributed by atoms with Gasteiger partial charge in [0.05, 0.1) is 5.41 Å². The fraction of sp³-hybridized carbons (Fsp3) is 0.333. The van der Waals surface area contributed by atoms with Crippen LogP contribution in [0.1, 0.15) is 24.2 Å². The number of carbonyl (C=O) groups is 3. The summed E-state index contributed by atoms with van der Waals surface area (Å²) in [6.07, 6.45) is 6.54. The predicted molar refractivity (Wildman–Crippen MR) is 107 cm³/mol. The third-order valence-corrected chi connectivity index (χ3v) is 5.18. The highest BCUT2D eigenvalue weighted by atomic mass is 16.2. The van der Waals surface area contributed by atoms with Crippen molar-refractivity contribution in [2.24, 2.45) is 11.1 Å². The Hall–Kier alpha value is -3.42. The van der Waals surface area contributed by atoms with Gasteiger partial charge in [0.15, 0.2) is 0 Å². The van der Waals surface area contributed by atoms with Gasteiger partial charge in [0.25, 0.3) is 11.8 Å². The molecule has 1 aromatic carbocycles. The summed E-state index contributed by atoms with van der Waals surface area (Å²) in [7, 11) is 1.45. The van der Waals surface area contributed by atoms with E-state index in [1.165, 1.54) is 18.0 Å². The number of likely N-dealkylation sites (N-methyl/N-ethyl adjacent to an activating group) is 1. The van der Waals surface area contributed by atoms with E-state index in [1.807, 2.05) is 30.3 Å². The molecule has 0 saturated heterocycles. The minimum atomic E-state index is -1.11. The van der Waals surface area contributed by atoms with E-state index >= 15 is 0 Å². The van der Waals surface area contributed by atoms with Gasteiger partial charge in [0.2, 0.25) is 5.91 Å². The molecule has 1 unspecified atom stereocenters. The smallest absolute Gasteiger partial charge is 0.259 e. The highest BCUT2D eigenvalue weighted by molar-refractivity contribution is 6.19. The minimum absolute atomic E-state index is 0.0496. The summed E-state index contributed by atoms with van der Waals surface area (Å²) in [6, 6.07) is 9.44. The maximum Gasteiger partial charge on any atom is 0.259 e. The number of imidazole rings is 1. The third kappa shape index (κ3) is 4.53. The van der Waals surface area contributed by atoms with E-state index in [4.69, 9.17) is 5.73 Å². The third-order valence-electron chi connectivity index (χ3n) is 5.18. The van der Waals surface area contributed by atoms with Crippen molar-refractivity contribution in [2.45, 2.75) is 25.8 Å².